The Morgan fingerprint density at radius 2 is 1.93 bits per heavy atom. The molecule has 7 heteroatoms. The molecule has 0 bridgehead atoms. The van der Waals surface area contributed by atoms with Gasteiger partial charge in [0.25, 0.3) is 5.91 Å². The fourth-order valence-electron chi connectivity index (χ4n) is 2.28. The number of pyridine rings is 1. The maximum Gasteiger partial charge on any atom is 0.255 e. The molecule has 0 radical (unpaired) electrons. The summed E-state index contributed by atoms with van der Waals surface area (Å²) >= 11 is 7.23. The minimum atomic E-state index is -0.532. The van der Waals surface area contributed by atoms with Crippen molar-refractivity contribution in [3.63, 3.8) is 0 Å². The number of carbonyl (C=O) groups excluding carboxylic acids is 1. The first-order chi connectivity index (χ1) is 13.0. The molecule has 1 amide bonds. The van der Waals surface area contributed by atoms with Crippen molar-refractivity contribution in [3.05, 3.63) is 88.3 Å². The van der Waals surface area contributed by atoms with E-state index in [0.717, 1.165) is 5.75 Å². The van der Waals surface area contributed by atoms with E-state index in [9.17, 15) is 9.18 Å². The van der Waals surface area contributed by atoms with E-state index in [-0.39, 0.29) is 10.9 Å². The third-order valence-corrected chi connectivity index (χ3v) is 4.86. The van der Waals surface area contributed by atoms with E-state index in [1.165, 1.54) is 41.3 Å². The van der Waals surface area contributed by atoms with E-state index in [4.69, 9.17) is 11.6 Å². The van der Waals surface area contributed by atoms with Gasteiger partial charge >= 0.3 is 0 Å². The molecule has 1 aromatic heterocycles. The van der Waals surface area contributed by atoms with Gasteiger partial charge in [-0.25, -0.2) is 9.37 Å². The molecule has 0 spiro atoms. The SMILES string of the molecule is Cc1ccc(CSNc2cc(C(=O)Nc3ccc(F)c(Cl)c3)ccn2)cc1. The zero-order chi connectivity index (χ0) is 19.2. The molecule has 2 aromatic carbocycles. The molecule has 27 heavy (non-hydrogen) atoms. The second kappa shape index (κ2) is 8.88. The minimum absolute atomic E-state index is 0.0441. The number of aryl methyl sites for hydroxylation is 1. The van der Waals surface area contributed by atoms with Crippen molar-refractivity contribution >= 4 is 41.0 Å². The van der Waals surface area contributed by atoms with Crippen LogP contribution in [-0.2, 0) is 5.75 Å². The van der Waals surface area contributed by atoms with Crippen LogP contribution in [0.3, 0.4) is 0 Å². The third kappa shape index (κ3) is 5.45. The number of aromatic nitrogens is 1. The summed E-state index contributed by atoms with van der Waals surface area (Å²) < 4.78 is 16.3. The molecule has 0 aliphatic rings. The number of anilines is 2. The zero-order valence-corrected chi connectivity index (χ0v) is 16.1. The molecular weight excluding hydrogens is 385 g/mol. The van der Waals surface area contributed by atoms with Crippen molar-refractivity contribution in [1.29, 1.82) is 0 Å². The lowest BCUT2D eigenvalue weighted by molar-refractivity contribution is 0.102. The lowest BCUT2D eigenvalue weighted by Gasteiger charge is -2.08. The molecule has 0 unspecified atom stereocenters. The highest BCUT2D eigenvalue weighted by Crippen LogP contribution is 2.21. The van der Waals surface area contributed by atoms with Crippen LogP contribution in [0.1, 0.15) is 21.5 Å². The maximum atomic E-state index is 13.2. The summed E-state index contributed by atoms with van der Waals surface area (Å²) in [6.07, 6.45) is 1.56. The number of rotatable bonds is 6. The summed E-state index contributed by atoms with van der Waals surface area (Å²) in [5.41, 5.74) is 3.27. The van der Waals surface area contributed by atoms with Gasteiger partial charge in [0, 0.05) is 23.2 Å². The minimum Gasteiger partial charge on any atom is -0.322 e. The molecule has 3 rings (SSSR count). The first-order valence-electron chi connectivity index (χ1n) is 8.17. The lowest BCUT2D eigenvalue weighted by Crippen LogP contribution is -2.12. The van der Waals surface area contributed by atoms with Crippen LogP contribution in [0.2, 0.25) is 5.02 Å². The van der Waals surface area contributed by atoms with E-state index in [1.54, 1.807) is 18.3 Å². The van der Waals surface area contributed by atoms with Gasteiger partial charge in [0.2, 0.25) is 0 Å². The molecule has 0 saturated heterocycles. The largest absolute Gasteiger partial charge is 0.322 e. The van der Waals surface area contributed by atoms with E-state index >= 15 is 0 Å². The van der Waals surface area contributed by atoms with E-state index in [1.807, 2.05) is 0 Å². The Bertz CT molecular complexity index is 950. The van der Waals surface area contributed by atoms with Gasteiger partial charge in [-0.3, -0.25) is 4.79 Å². The number of benzene rings is 2. The smallest absolute Gasteiger partial charge is 0.255 e. The van der Waals surface area contributed by atoms with E-state index < -0.39 is 5.82 Å². The van der Waals surface area contributed by atoms with Gasteiger partial charge < -0.3 is 10.0 Å². The highest BCUT2D eigenvalue weighted by Gasteiger charge is 2.09. The predicted octanol–water partition coefficient (Wildman–Crippen LogP) is 5.70. The van der Waals surface area contributed by atoms with Crippen LogP contribution >= 0.6 is 23.5 Å². The van der Waals surface area contributed by atoms with Crippen LogP contribution < -0.4 is 10.0 Å². The van der Waals surface area contributed by atoms with Gasteiger partial charge in [-0.15, -0.1) is 0 Å². The molecule has 2 N–H and O–H groups in total. The summed E-state index contributed by atoms with van der Waals surface area (Å²) in [7, 11) is 0. The second-order valence-electron chi connectivity index (χ2n) is 5.89. The van der Waals surface area contributed by atoms with Crippen LogP contribution in [0.5, 0.6) is 0 Å². The lowest BCUT2D eigenvalue weighted by atomic mass is 10.2. The van der Waals surface area contributed by atoms with Crippen molar-refractivity contribution in [3.8, 4) is 0 Å². The maximum absolute atomic E-state index is 13.2. The molecule has 3 aromatic rings. The first-order valence-corrected chi connectivity index (χ1v) is 9.53. The Balaban J connectivity index is 1.59. The van der Waals surface area contributed by atoms with Crippen LogP contribution in [0, 0.1) is 12.7 Å². The Kier molecular flexibility index (Phi) is 6.32. The second-order valence-corrected chi connectivity index (χ2v) is 7.08. The number of amides is 1. The Morgan fingerprint density at radius 1 is 1.15 bits per heavy atom. The number of hydrogen-bond donors (Lipinski definition) is 2. The van der Waals surface area contributed by atoms with Gasteiger partial charge in [0.1, 0.15) is 11.6 Å². The quantitative estimate of drug-likeness (QED) is 0.520. The van der Waals surface area contributed by atoms with Gasteiger partial charge in [-0.1, -0.05) is 41.4 Å². The van der Waals surface area contributed by atoms with Crippen molar-refractivity contribution < 1.29 is 9.18 Å². The number of carbonyl (C=O) groups is 1. The van der Waals surface area contributed by atoms with Crippen molar-refractivity contribution in [1.82, 2.24) is 4.98 Å². The Labute approximate surface area is 166 Å². The Hall–Kier alpha value is -2.57. The van der Waals surface area contributed by atoms with Crippen LogP contribution in [0.25, 0.3) is 0 Å². The van der Waals surface area contributed by atoms with E-state index in [0.29, 0.717) is 17.1 Å². The van der Waals surface area contributed by atoms with Crippen LogP contribution in [-0.4, -0.2) is 10.9 Å². The summed E-state index contributed by atoms with van der Waals surface area (Å²) in [5, 5.41) is 2.64. The molecular formula is C20H17ClFN3OS. The fourth-order valence-corrected chi connectivity index (χ4v) is 3.15. The normalized spacial score (nSPS) is 10.5. The molecule has 0 saturated carbocycles. The number of halogens is 2. The third-order valence-electron chi connectivity index (χ3n) is 3.74. The zero-order valence-electron chi connectivity index (χ0n) is 14.5. The molecule has 0 aliphatic carbocycles. The van der Waals surface area contributed by atoms with Gasteiger partial charge in [-0.05, 0) is 54.8 Å². The van der Waals surface area contributed by atoms with Crippen molar-refractivity contribution in [2.24, 2.45) is 0 Å². The first kappa shape index (κ1) is 19.2. The summed E-state index contributed by atoms with van der Waals surface area (Å²) in [6, 6.07) is 15.6. The summed E-state index contributed by atoms with van der Waals surface area (Å²) in [6.45, 7) is 2.05. The van der Waals surface area contributed by atoms with Crippen LogP contribution in [0.4, 0.5) is 15.9 Å². The van der Waals surface area contributed by atoms with Crippen LogP contribution in [0.15, 0.2) is 60.8 Å². The Morgan fingerprint density at radius 3 is 2.67 bits per heavy atom. The average molecular weight is 402 g/mol. The summed E-state index contributed by atoms with van der Waals surface area (Å²) in [4.78, 5) is 16.6. The summed E-state index contributed by atoms with van der Waals surface area (Å²) in [5.74, 6) is 0.492. The number of hydrogen-bond acceptors (Lipinski definition) is 4. The molecule has 0 fully saturated rings. The van der Waals surface area contributed by atoms with Crippen molar-refractivity contribution in [2.45, 2.75) is 12.7 Å². The van der Waals surface area contributed by atoms with E-state index in [2.05, 4.69) is 46.2 Å². The molecule has 1 heterocycles. The molecule has 0 aliphatic heterocycles. The standard InChI is InChI=1S/C20H17ClFN3OS/c1-13-2-4-14(5-3-13)12-27-25-19-10-15(8-9-23-19)20(26)24-16-6-7-18(22)17(21)11-16/h2-11H,12H2,1H3,(H,23,25)(H,24,26). The highest BCUT2D eigenvalue weighted by molar-refractivity contribution is 7.99. The van der Waals surface area contributed by atoms with Gasteiger partial charge in [-0.2, -0.15) is 0 Å². The molecule has 4 nitrogen and oxygen atoms in total. The molecule has 0 atom stereocenters. The number of nitrogens with zero attached hydrogens (tertiary/aromatic N) is 1. The van der Waals surface area contributed by atoms with Gasteiger partial charge in [0.15, 0.2) is 0 Å². The highest BCUT2D eigenvalue weighted by atomic mass is 35.5. The average Bonchev–Trinajstić information content (AvgIpc) is 2.66. The van der Waals surface area contributed by atoms with Gasteiger partial charge in [0.05, 0.1) is 5.02 Å². The predicted molar refractivity (Wildman–Crippen MR) is 110 cm³/mol. The molecule has 138 valence electrons. The monoisotopic (exact) mass is 401 g/mol. The van der Waals surface area contributed by atoms with Crippen molar-refractivity contribution in [2.75, 3.05) is 10.0 Å². The number of nitrogens with one attached hydrogen (secondary N) is 2. The topological polar surface area (TPSA) is 54.0 Å². The fraction of sp³-hybridized carbons (Fsp3) is 0.100.